The molecule has 0 fully saturated rings. The van der Waals surface area contributed by atoms with Crippen LogP contribution < -0.4 is 5.73 Å². The quantitative estimate of drug-likeness (QED) is 0.825. The molecule has 1 aromatic heterocycles. The number of rotatable bonds is 2. The molecule has 0 saturated heterocycles. The zero-order valence-electron chi connectivity index (χ0n) is 7.59. The van der Waals surface area contributed by atoms with E-state index in [1.807, 2.05) is 0 Å². The van der Waals surface area contributed by atoms with Crippen LogP contribution in [0.3, 0.4) is 0 Å². The van der Waals surface area contributed by atoms with Gasteiger partial charge in [-0.2, -0.15) is 0 Å². The lowest BCUT2D eigenvalue weighted by molar-refractivity contribution is 0.100. The van der Waals surface area contributed by atoms with E-state index in [0.717, 1.165) is 0 Å². The molecule has 0 atom stereocenters. The molecule has 0 aliphatic heterocycles. The molecule has 0 aliphatic rings. The van der Waals surface area contributed by atoms with E-state index >= 15 is 0 Å². The number of carbonyl (C=O) groups is 1. The first-order valence-corrected chi connectivity index (χ1v) is 4.50. The van der Waals surface area contributed by atoms with Crippen molar-refractivity contribution < 1.29 is 4.79 Å². The SMILES string of the molecule is NC(=O)c1ccc(Cl)c(-n2cnnc2)c1. The van der Waals surface area contributed by atoms with Crippen LogP contribution in [-0.4, -0.2) is 20.7 Å². The number of primary amides is 1. The summed E-state index contributed by atoms with van der Waals surface area (Å²) in [6.45, 7) is 0. The first kappa shape index (κ1) is 9.67. The number of benzene rings is 1. The van der Waals surface area contributed by atoms with E-state index in [0.29, 0.717) is 16.3 Å². The van der Waals surface area contributed by atoms with Crippen molar-refractivity contribution in [2.75, 3.05) is 0 Å². The summed E-state index contributed by atoms with van der Waals surface area (Å²) in [5.74, 6) is -0.499. The molecule has 0 saturated carbocycles. The minimum atomic E-state index is -0.499. The van der Waals surface area contributed by atoms with Gasteiger partial charge in [-0.3, -0.25) is 9.36 Å². The van der Waals surface area contributed by atoms with Gasteiger partial charge in [0.1, 0.15) is 12.7 Å². The van der Waals surface area contributed by atoms with Crippen molar-refractivity contribution in [1.29, 1.82) is 0 Å². The predicted octanol–water partition coefficient (Wildman–Crippen LogP) is 1.02. The smallest absolute Gasteiger partial charge is 0.248 e. The van der Waals surface area contributed by atoms with Crippen LogP contribution in [0.4, 0.5) is 0 Å². The summed E-state index contributed by atoms with van der Waals surface area (Å²) in [6, 6.07) is 4.77. The second-order valence-electron chi connectivity index (χ2n) is 2.90. The number of aromatic nitrogens is 3. The van der Waals surface area contributed by atoms with Gasteiger partial charge < -0.3 is 5.73 Å². The van der Waals surface area contributed by atoms with E-state index in [4.69, 9.17) is 17.3 Å². The van der Waals surface area contributed by atoms with Gasteiger partial charge in [-0.15, -0.1) is 10.2 Å². The number of halogens is 1. The van der Waals surface area contributed by atoms with Crippen LogP contribution in [0.25, 0.3) is 5.69 Å². The van der Waals surface area contributed by atoms with Crippen LogP contribution in [0.1, 0.15) is 10.4 Å². The van der Waals surface area contributed by atoms with Gasteiger partial charge in [0.15, 0.2) is 0 Å². The van der Waals surface area contributed by atoms with Crippen molar-refractivity contribution in [3.63, 3.8) is 0 Å². The van der Waals surface area contributed by atoms with Crippen molar-refractivity contribution in [2.45, 2.75) is 0 Å². The molecule has 2 rings (SSSR count). The minimum absolute atomic E-state index is 0.392. The summed E-state index contributed by atoms with van der Waals surface area (Å²) >= 11 is 5.96. The molecule has 5 nitrogen and oxygen atoms in total. The number of nitrogens with zero attached hydrogens (tertiary/aromatic N) is 3. The van der Waals surface area contributed by atoms with Gasteiger partial charge in [0.25, 0.3) is 0 Å². The van der Waals surface area contributed by atoms with Crippen molar-refractivity contribution in [2.24, 2.45) is 5.73 Å². The Kier molecular flexibility index (Phi) is 2.39. The van der Waals surface area contributed by atoms with Gasteiger partial charge in [0.05, 0.1) is 10.7 Å². The van der Waals surface area contributed by atoms with Crippen LogP contribution in [-0.2, 0) is 0 Å². The molecular weight excluding hydrogens is 216 g/mol. The number of nitrogens with two attached hydrogens (primary N) is 1. The molecular formula is C9H7ClN4O. The highest BCUT2D eigenvalue weighted by atomic mass is 35.5. The molecule has 0 spiro atoms. The molecule has 2 aromatic rings. The number of hydrogen-bond acceptors (Lipinski definition) is 3. The van der Waals surface area contributed by atoms with Gasteiger partial charge in [-0.1, -0.05) is 11.6 Å². The summed E-state index contributed by atoms with van der Waals surface area (Å²) in [7, 11) is 0. The summed E-state index contributed by atoms with van der Waals surface area (Å²) in [6.07, 6.45) is 2.98. The first-order valence-electron chi connectivity index (χ1n) is 4.13. The molecule has 1 aromatic carbocycles. The maximum atomic E-state index is 11.0. The minimum Gasteiger partial charge on any atom is -0.366 e. The largest absolute Gasteiger partial charge is 0.366 e. The Morgan fingerprint density at radius 3 is 2.60 bits per heavy atom. The summed E-state index contributed by atoms with van der Waals surface area (Å²) in [5.41, 5.74) is 6.18. The first-order chi connectivity index (χ1) is 7.18. The van der Waals surface area contributed by atoms with E-state index in [2.05, 4.69) is 10.2 Å². The molecule has 76 valence electrons. The maximum absolute atomic E-state index is 11.0. The molecule has 0 bridgehead atoms. The highest BCUT2D eigenvalue weighted by Gasteiger charge is 2.07. The van der Waals surface area contributed by atoms with Gasteiger partial charge >= 0.3 is 0 Å². The fourth-order valence-electron chi connectivity index (χ4n) is 1.19. The second-order valence-corrected chi connectivity index (χ2v) is 3.31. The number of amides is 1. The van der Waals surface area contributed by atoms with Gasteiger partial charge in [0, 0.05) is 5.56 Å². The summed E-state index contributed by atoms with van der Waals surface area (Å²) in [5, 5.41) is 7.80. The molecule has 1 amide bonds. The third kappa shape index (κ3) is 1.82. The van der Waals surface area contributed by atoms with E-state index in [-0.39, 0.29) is 0 Å². The van der Waals surface area contributed by atoms with Crippen molar-refractivity contribution in [1.82, 2.24) is 14.8 Å². The number of hydrogen-bond donors (Lipinski definition) is 1. The predicted molar refractivity (Wildman–Crippen MR) is 54.9 cm³/mol. The van der Waals surface area contributed by atoms with Crippen LogP contribution in [0.15, 0.2) is 30.9 Å². The van der Waals surface area contributed by atoms with E-state index in [1.54, 1.807) is 22.8 Å². The third-order valence-electron chi connectivity index (χ3n) is 1.93. The summed E-state index contributed by atoms with van der Waals surface area (Å²) < 4.78 is 1.61. The fourth-order valence-corrected chi connectivity index (χ4v) is 1.40. The lowest BCUT2D eigenvalue weighted by Crippen LogP contribution is -2.11. The monoisotopic (exact) mass is 222 g/mol. The molecule has 2 N–H and O–H groups in total. The Hall–Kier alpha value is -1.88. The number of carbonyl (C=O) groups excluding carboxylic acids is 1. The molecule has 6 heteroatoms. The molecule has 0 unspecified atom stereocenters. The van der Waals surface area contributed by atoms with E-state index in [1.165, 1.54) is 12.7 Å². The van der Waals surface area contributed by atoms with Gasteiger partial charge in [-0.05, 0) is 18.2 Å². The topological polar surface area (TPSA) is 73.8 Å². The van der Waals surface area contributed by atoms with E-state index in [9.17, 15) is 4.79 Å². The maximum Gasteiger partial charge on any atom is 0.248 e. The molecule has 15 heavy (non-hydrogen) atoms. The highest BCUT2D eigenvalue weighted by molar-refractivity contribution is 6.32. The highest BCUT2D eigenvalue weighted by Crippen LogP contribution is 2.20. The van der Waals surface area contributed by atoms with Crippen molar-refractivity contribution in [3.8, 4) is 5.69 Å². The molecule has 0 aliphatic carbocycles. The normalized spacial score (nSPS) is 10.2. The lowest BCUT2D eigenvalue weighted by Gasteiger charge is -2.05. The average molecular weight is 223 g/mol. The van der Waals surface area contributed by atoms with Crippen LogP contribution in [0.5, 0.6) is 0 Å². The third-order valence-corrected chi connectivity index (χ3v) is 2.25. The lowest BCUT2D eigenvalue weighted by atomic mass is 10.2. The van der Waals surface area contributed by atoms with E-state index < -0.39 is 5.91 Å². The average Bonchev–Trinajstić information content (AvgIpc) is 2.71. The standard InChI is InChI=1S/C9H7ClN4O/c10-7-2-1-6(9(11)15)3-8(7)14-4-12-13-5-14/h1-5H,(H2,11,15). The Bertz CT molecular complexity index is 495. The Morgan fingerprint density at radius 2 is 2.00 bits per heavy atom. The van der Waals surface area contributed by atoms with Crippen LogP contribution in [0, 0.1) is 0 Å². The second kappa shape index (κ2) is 3.70. The molecule has 1 heterocycles. The van der Waals surface area contributed by atoms with Gasteiger partial charge in [0.2, 0.25) is 5.91 Å². The Labute approximate surface area is 90.5 Å². The van der Waals surface area contributed by atoms with Crippen LogP contribution in [0.2, 0.25) is 5.02 Å². The van der Waals surface area contributed by atoms with Gasteiger partial charge in [-0.25, -0.2) is 0 Å². The zero-order valence-corrected chi connectivity index (χ0v) is 8.35. The van der Waals surface area contributed by atoms with Crippen LogP contribution >= 0.6 is 11.6 Å². The Morgan fingerprint density at radius 1 is 1.33 bits per heavy atom. The fraction of sp³-hybridized carbons (Fsp3) is 0. The zero-order chi connectivity index (χ0) is 10.8. The van der Waals surface area contributed by atoms with Crippen molar-refractivity contribution in [3.05, 3.63) is 41.4 Å². The Balaban J connectivity index is 2.55. The van der Waals surface area contributed by atoms with Crippen molar-refractivity contribution >= 4 is 17.5 Å². The summed E-state index contributed by atoms with van der Waals surface area (Å²) in [4.78, 5) is 11.0. The molecule has 0 radical (unpaired) electrons.